The summed E-state index contributed by atoms with van der Waals surface area (Å²) in [5, 5.41) is 8.89. The topological polar surface area (TPSA) is 91.8 Å². The summed E-state index contributed by atoms with van der Waals surface area (Å²) >= 11 is 0. The lowest BCUT2D eigenvalue weighted by atomic mass is 10.0. The summed E-state index contributed by atoms with van der Waals surface area (Å²) in [5.41, 5.74) is 2.47. The van der Waals surface area contributed by atoms with E-state index >= 15 is 0 Å². The summed E-state index contributed by atoms with van der Waals surface area (Å²) in [6, 6.07) is 13.5. The first-order chi connectivity index (χ1) is 11.2. The van der Waals surface area contributed by atoms with Gasteiger partial charge in [-0.25, -0.2) is 8.42 Å². The largest absolute Gasteiger partial charge is 0.480 e. The number of nitrogens with zero attached hydrogens (tertiary/aromatic N) is 1. The Morgan fingerprint density at radius 2 is 1.67 bits per heavy atom. The van der Waals surface area contributed by atoms with E-state index in [1.54, 1.807) is 42.5 Å². The lowest BCUT2D eigenvalue weighted by Gasteiger charge is -2.20. The van der Waals surface area contributed by atoms with Crippen LogP contribution in [0.1, 0.15) is 17.3 Å². The fourth-order valence-electron chi connectivity index (χ4n) is 2.26. The van der Waals surface area contributed by atoms with Gasteiger partial charge < -0.3 is 5.11 Å². The van der Waals surface area contributed by atoms with Gasteiger partial charge in [-0.2, -0.15) is 0 Å². The van der Waals surface area contributed by atoms with E-state index in [0.29, 0.717) is 5.56 Å². The number of hydrogen-bond acceptors (Lipinski definition) is 4. The van der Waals surface area contributed by atoms with Crippen LogP contribution in [0.5, 0.6) is 0 Å². The third-order valence-electron chi connectivity index (χ3n) is 3.44. The zero-order valence-corrected chi connectivity index (χ0v) is 14.1. The third-order valence-corrected chi connectivity index (χ3v) is 4.58. The van der Waals surface area contributed by atoms with Crippen molar-refractivity contribution < 1.29 is 23.1 Å². The summed E-state index contributed by atoms with van der Waals surface area (Å²) in [4.78, 5) is 22.3. The molecule has 0 saturated carbocycles. The van der Waals surface area contributed by atoms with Gasteiger partial charge in [-0.05, 0) is 36.2 Å². The number of ketones is 1. The minimum atomic E-state index is -3.70. The maximum absolute atomic E-state index is 11.8. The highest BCUT2D eigenvalue weighted by molar-refractivity contribution is 7.92. The smallest absolute Gasteiger partial charge is 0.324 e. The van der Waals surface area contributed by atoms with Crippen molar-refractivity contribution in [1.29, 1.82) is 0 Å². The lowest BCUT2D eigenvalue weighted by molar-refractivity contribution is -0.135. The number of aliphatic carboxylic acids is 1. The standard InChI is InChI=1S/C17H17NO5S/c1-12(19)14-4-3-5-15(10-14)13-6-8-16(9-7-13)18(11-17(20)21)24(2,22)23/h3-10H,11H2,1-2H3,(H,20,21). The Balaban J connectivity index is 2.38. The normalized spacial score (nSPS) is 11.1. The first-order valence-electron chi connectivity index (χ1n) is 7.09. The molecular weight excluding hydrogens is 330 g/mol. The van der Waals surface area contributed by atoms with Crippen molar-refractivity contribution in [3.8, 4) is 11.1 Å². The highest BCUT2D eigenvalue weighted by atomic mass is 32.2. The second-order valence-electron chi connectivity index (χ2n) is 5.35. The second kappa shape index (κ2) is 6.84. The van der Waals surface area contributed by atoms with E-state index in [1.165, 1.54) is 6.92 Å². The van der Waals surface area contributed by atoms with Crippen molar-refractivity contribution in [2.24, 2.45) is 0 Å². The molecule has 0 aliphatic rings. The van der Waals surface area contributed by atoms with Crippen molar-refractivity contribution in [2.75, 3.05) is 17.1 Å². The Labute approximate surface area is 140 Å². The van der Waals surface area contributed by atoms with Gasteiger partial charge in [0, 0.05) is 5.56 Å². The average Bonchev–Trinajstić information content (AvgIpc) is 2.52. The molecule has 0 spiro atoms. The minimum absolute atomic E-state index is 0.0434. The van der Waals surface area contributed by atoms with Gasteiger partial charge in [0.05, 0.1) is 11.9 Å². The van der Waals surface area contributed by atoms with Gasteiger partial charge in [0.25, 0.3) is 0 Å². The van der Waals surface area contributed by atoms with E-state index in [4.69, 9.17) is 5.11 Å². The van der Waals surface area contributed by atoms with Crippen molar-refractivity contribution in [1.82, 2.24) is 0 Å². The molecule has 0 fully saturated rings. The summed E-state index contributed by atoms with van der Waals surface area (Å²) < 4.78 is 24.4. The van der Waals surface area contributed by atoms with Crippen LogP contribution in [-0.4, -0.2) is 38.1 Å². The summed E-state index contributed by atoms with van der Waals surface area (Å²) in [6.07, 6.45) is 0.959. The van der Waals surface area contributed by atoms with E-state index in [0.717, 1.165) is 21.7 Å². The molecule has 0 unspecified atom stereocenters. The molecule has 0 aromatic heterocycles. The van der Waals surface area contributed by atoms with Crippen LogP contribution in [-0.2, 0) is 14.8 Å². The predicted octanol–water partition coefficient (Wildman–Crippen LogP) is 2.41. The van der Waals surface area contributed by atoms with Crippen molar-refractivity contribution in [3.05, 3.63) is 54.1 Å². The number of sulfonamides is 1. The Kier molecular flexibility index (Phi) is 5.04. The van der Waals surface area contributed by atoms with Crippen molar-refractivity contribution in [2.45, 2.75) is 6.92 Å². The number of Topliss-reactive ketones (excluding diaryl/α,β-unsaturated/α-hetero) is 1. The molecule has 0 aliphatic heterocycles. The molecule has 24 heavy (non-hydrogen) atoms. The molecule has 0 amide bonds. The van der Waals surface area contributed by atoms with Crippen LogP contribution >= 0.6 is 0 Å². The Morgan fingerprint density at radius 3 is 2.17 bits per heavy atom. The van der Waals surface area contributed by atoms with Gasteiger partial charge in [0.15, 0.2) is 5.78 Å². The van der Waals surface area contributed by atoms with Gasteiger partial charge in [-0.1, -0.05) is 30.3 Å². The van der Waals surface area contributed by atoms with Crippen molar-refractivity contribution >= 4 is 27.5 Å². The number of carbonyl (C=O) groups is 2. The zero-order chi connectivity index (χ0) is 17.9. The number of carbonyl (C=O) groups excluding carboxylic acids is 1. The molecule has 6 nitrogen and oxygen atoms in total. The Bertz CT molecular complexity index is 872. The minimum Gasteiger partial charge on any atom is -0.480 e. The van der Waals surface area contributed by atoms with Crippen LogP contribution in [0.4, 0.5) is 5.69 Å². The van der Waals surface area contributed by atoms with Crippen molar-refractivity contribution in [3.63, 3.8) is 0 Å². The number of benzene rings is 2. The molecule has 126 valence electrons. The van der Waals surface area contributed by atoms with Gasteiger partial charge in [-0.15, -0.1) is 0 Å². The Hall–Kier alpha value is -2.67. The van der Waals surface area contributed by atoms with E-state index in [1.807, 2.05) is 6.07 Å². The maximum Gasteiger partial charge on any atom is 0.324 e. The number of carboxylic acids is 1. The Morgan fingerprint density at radius 1 is 1.04 bits per heavy atom. The zero-order valence-electron chi connectivity index (χ0n) is 13.3. The highest BCUT2D eigenvalue weighted by Gasteiger charge is 2.20. The number of hydrogen-bond donors (Lipinski definition) is 1. The van der Waals surface area contributed by atoms with Gasteiger partial charge in [-0.3, -0.25) is 13.9 Å². The SMILES string of the molecule is CC(=O)c1cccc(-c2ccc(N(CC(=O)O)S(C)(=O)=O)cc2)c1. The molecule has 0 aliphatic carbocycles. The van der Waals surface area contributed by atoms with Gasteiger partial charge in [0.2, 0.25) is 10.0 Å². The molecule has 2 rings (SSSR count). The third kappa shape index (κ3) is 4.20. The summed E-state index contributed by atoms with van der Waals surface area (Å²) in [5.74, 6) is -1.28. The van der Waals surface area contributed by atoms with E-state index in [9.17, 15) is 18.0 Å². The van der Waals surface area contributed by atoms with Crippen LogP contribution in [0, 0.1) is 0 Å². The average molecular weight is 347 g/mol. The second-order valence-corrected chi connectivity index (χ2v) is 7.25. The van der Waals surface area contributed by atoms with E-state index < -0.39 is 22.5 Å². The molecule has 0 radical (unpaired) electrons. The van der Waals surface area contributed by atoms with Crippen LogP contribution < -0.4 is 4.31 Å². The molecule has 0 atom stereocenters. The van der Waals surface area contributed by atoms with Crippen LogP contribution in [0.2, 0.25) is 0 Å². The van der Waals surface area contributed by atoms with Crippen LogP contribution in [0.15, 0.2) is 48.5 Å². The molecule has 2 aromatic rings. The monoisotopic (exact) mass is 347 g/mol. The molecule has 1 N–H and O–H groups in total. The summed E-state index contributed by atoms with van der Waals surface area (Å²) in [7, 11) is -3.70. The van der Waals surface area contributed by atoms with Crippen LogP contribution in [0.25, 0.3) is 11.1 Å². The predicted molar refractivity (Wildman–Crippen MR) is 91.7 cm³/mol. The van der Waals surface area contributed by atoms with Crippen LogP contribution in [0.3, 0.4) is 0 Å². The molecule has 2 aromatic carbocycles. The fourth-order valence-corrected chi connectivity index (χ4v) is 3.11. The summed E-state index contributed by atoms with van der Waals surface area (Å²) in [6.45, 7) is 0.843. The van der Waals surface area contributed by atoms with E-state index in [2.05, 4.69) is 0 Å². The van der Waals surface area contributed by atoms with Gasteiger partial charge in [0.1, 0.15) is 6.54 Å². The lowest BCUT2D eigenvalue weighted by Crippen LogP contribution is -2.34. The fraction of sp³-hybridized carbons (Fsp3) is 0.176. The number of anilines is 1. The number of rotatable bonds is 6. The molecular formula is C17H17NO5S. The molecule has 7 heteroatoms. The van der Waals surface area contributed by atoms with E-state index in [-0.39, 0.29) is 11.5 Å². The maximum atomic E-state index is 11.8. The van der Waals surface area contributed by atoms with Gasteiger partial charge >= 0.3 is 5.97 Å². The highest BCUT2D eigenvalue weighted by Crippen LogP contribution is 2.25. The quantitative estimate of drug-likeness (QED) is 0.810. The number of carboxylic acid groups (broad SMARTS) is 1. The molecule has 0 heterocycles. The first-order valence-corrected chi connectivity index (χ1v) is 8.94. The molecule has 0 bridgehead atoms. The first kappa shape index (κ1) is 17.7. The molecule has 0 saturated heterocycles.